The Hall–Kier alpha value is -2.17. The first-order valence-electron chi connectivity index (χ1n) is 4.24. The molecule has 1 heterocycles. The normalized spacial score (nSPS) is 18.4. The summed E-state index contributed by atoms with van der Waals surface area (Å²) in [6.45, 7) is 0. The third kappa shape index (κ3) is 1.48. The predicted molar refractivity (Wildman–Crippen MR) is 51.6 cm³/mol. The van der Waals surface area contributed by atoms with Gasteiger partial charge < -0.3 is 10.2 Å². The smallest absolute Gasteiger partial charge is 0.336 e. The lowest BCUT2D eigenvalue weighted by atomic mass is 9.92. The van der Waals surface area contributed by atoms with Crippen molar-refractivity contribution in [3.05, 3.63) is 34.6 Å². The van der Waals surface area contributed by atoms with Crippen LogP contribution in [-0.4, -0.2) is 28.4 Å². The zero-order valence-corrected chi connectivity index (χ0v) is 7.60. The van der Waals surface area contributed by atoms with Gasteiger partial charge in [-0.1, -0.05) is 0 Å². The van der Waals surface area contributed by atoms with Crippen LogP contribution in [0.4, 0.5) is 0 Å². The summed E-state index contributed by atoms with van der Waals surface area (Å²) in [5.41, 5.74) is 1.01. The Labute approximate surface area is 84.8 Å². The van der Waals surface area contributed by atoms with Gasteiger partial charge in [0.1, 0.15) is 0 Å². The number of nitrogens with zero attached hydrogens (tertiary/aromatic N) is 1. The van der Waals surface area contributed by atoms with Crippen molar-refractivity contribution < 1.29 is 19.8 Å². The highest BCUT2D eigenvalue weighted by molar-refractivity contribution is 6.03. The highest BCUT2D eigenvalue weighted by Crippen LogP contribution is 2.31. The van der Waals surface area contributed by atoms with Crippen LogP contribution in [0.5, 0.6) is 0 Å². The Kier molecular flexibility index (Phi) is 2.00. The van der Waals surface area contributed by atoms with Crippen molar-refractivity contribution in [3.63, 3.8) is 0 Å². The standard InChI is InChI=1S/C10H7NO4/c12-9(13)6-3-5-1-2-11-8(5)4-7(6)10(14)15/h1-2,4H,3H2,(H,12,13)(H,14,15). The van der Waals surface area contributed by atoms with E-state index in [9.17, 15) is 9.59 Å². The van der Waals surface area contributed by atoms with Crippen LogP contribution in [0.15, 0.2) is 39.6 Å². The number of rotatable bonds is 2. The number of carboxylic acids is 2. The Bertz CT molecular complexity index is 480. The molecule has 0 saturated carbocycles. The number of hydrogen-bond acceptors (Lipinski definition) is 3. The van der Waals surface area contributed by atoms with Crippen molar-refractivity contribution >= 4 is 18.2 Å². The fraction of sp³-hybridized carbons (Fsp3) is 0.100. The first kappa shape index (κ1) is 9.39. The van der Waals surface area contributed by atoms with E-state index < -0.39 is 11.9 Å². The Balaban J connectivity index is 2.53. The molecule has 1 aliphatic carbocycles. The van der Waals surface area contributed by atoms with E-state index in [1.165, 1.54) is 12.3 Å². The molecule has 0 bridgehead atoms. The van der Waals surface area contributed by atoms with Gasteiger partial charge in [-0.15, -0.1) is 0 Å². The first-order valence-corrected chi connectivity index (χ1v) is 4.24. The van der Waals surface area contributed by atoms with Crippen LogP contribution in [0.25, 0.3) is 0 Å². The number of fused-ring (bicyclic) bond motifs is 1. The van der Waals surface area contributed by atoms with Gasteiger partial charge in [0.15, 0.2) is 0 Å². The summed E-state index contributed by atoms with van der Waals surface area (Å²) in [7, 11) is 0. The molecule has 0 amide bonds. The number of aliphatic imine (C=N–C) groups is 1. The highest BCUT2D eigenvalue weighted by Gasteiger charge is 2.26. The molecule has 0 aromatic heterocycles. The minimum Gasteiger partial charge on any atom is -0.478 e. The minimum absolute atomic E-state index is 0.0944. The predicted octanol–water partition coefficient (Wildman–Crippen LogP) is 0.751. The average Bonchev–Trinajstić information content (AvgIpc) is 2.61. The Morgan fingerprint density at radius 1 is 1.27 bits per heavy atom. The molecular weight excluding hydrogens is 198 g/mol. The van der Waals surface area contributed by atoms with Gasteiger partial charge in [-0.3, -0.25) is 4.99 Å². The topological polar surface area (TPSA) is 87.0 Å². The van der Waals surface area contributed by atoms with Crippen LogP contribution in [0.2, 0.25) is 0 Å². The van der Waals surface area contributed by atoms with E-state index >= 15 is 0 Å². The summed E-state index contributed by atoms with van der Waals surface area (Å²) in [6, 6.07) is 0. The van der Waals surface area contributed by atoms with Gasteiger partial charge in [0.25, 0.3) is 0 Å². The Morgan fingerprint density at radius 3 is 2.60 bits per heavy atom. The largest absolute Gasteiger partial charge is 0.478 e. The van der Waals surface area contributed by atoms with E-state index in [1.54, 1.807) is 6.08 Å². The van der Waals surface area contributed by atoms with Crippen LogP contribution in [0.3, 0.4) is 0 Å². The molecule has 0 aromatic rings. The van der Waals surface area contributed by atoms with Crippen molar-refractivity contribution in [3.8, 4) is 0 Å². The summed E-state index contributed by atoms with van der Waals surface area (Å²) in [6.07, 6.45) is 4.63. The number of carboxylic acid groups (broad SMARTS) is 2. The van der Waals surface area contributed by atoms with E-state index in [4.69, 9.17) is 10.2 Å². The third-order valence-electron chi connectivity index (χ3n) is 2.28. The molecular formula is C10H7NO4. The van der Waals surface area contributed by atoms with Gasteiger partial charge in [0.05, 0.1) is 16.8 Å². The third-order valence-corrected chi connectivity index (χ3v) is 2.28. The first-order chi connectivity index (χ1) is 7.09. The van der Waals surface area contributed by atoms with Gasteiger partial charge in [-0.05, 0) is 17.7 Å². The summed E-state index contributed by atoms with van der Waals surface area (Å²) in [5, 5.41) is 17.7. The zero-order chi connectivity index (χ0) is 11.0. The van der Waals surface area contributed by atoms with E-state index in [1.807, 2.05) is 0 Å². The minimum atomic E-state index is -1.24. The quantitative estimate of drug-likeness (QED) is 0.696. The molecule has 2 N–H and O–H groups in total. The molecule has 0 fully saturated rings. The summed E-state index contributed by atoms with van der Waals surface area (Å²) >= 11 is 0. The number of aliphatic carboxylic acids is 2. The average molecular weight is 205 g/mol. The van der Waals surface area contributed by atoms with Crippen LogP contribution >= 0.6 is 0 Å². The molecule has 0 spiro atoms. The fourth-order valence-electron chi connectivity index (χ4n) is 1.55. The SMILES string of the molecule is O=C(O)C1=C(C(=O)O)CC2=CC=NC2=C1. The number of hydrogen-bond donors (Lipinski definition) is 2. The maximum absolute atomic E-state index is 10.8. The lowest BCUT2D eigenvalue weighted by Gasteiger charge is -2.13. The molecule has 2 aliphatic rings. The van der Waals surface area contributed by atoms with Crippen LogP contribution in [0.1, 0.15) is 6.42 Å². The molecule has 15 heavy (non-hydrogen) atoms. The Morgan fingerprint density at radius 2 is 2.00 bits per heavy atom. The van der Waals surface area contributed by atoms with Gasteiger partial charge in [0, 0.05) is 12.6 Å². The summed E-state index contributed by atoms with van der Waals surface area (Å²) in [4.78, 5) is 25.6. The van der Waals surface area contributed by atoms with Crippen molar-refractivity contribution in [2.75, 3.05) is 0 Å². The second kappa shape index (κ2) is 3.20. The summed E-state index contributed by atoms with van der Waals surface area (Å²) in [5.74, 6) is -2.43. The number of carbonyl (C=O) groups is 2. The molecule has 5 nitrogen and oxygen atoms in total. The molecule has 2 rings (SSSR count). The van der Waals surface area contributed by atoms with E-state index in [-0.39, 0.29) is 17.6 Å². The van der Waals surface area contributed by atoms with Crippen LogP contribution in [-0.2, 0) is 9.59 Å². The lowest BCUT2D eigenvalue weighted by Crippen LogP contribution is -2.14. The monoisotopic (exact) mass is 205 g/mol. The van der Waals surface area contributed by atoms with Crippen molar-refractivity contribution in [2.24, 2.45) is 4.99 Å². The van der Waals surface area contributed by atoms with E-state index in [2.05, 4.69) is 4.99 Å². The van der Waals surface area contributed by atoms with Gasteiger partial charge in [-0.25, -0.2) is 9.59 Å². The van der Waals surface area contributed by atoms with E-state index in [0.29, 0.717) is 5.70 Å². The van der Waals surface area contributed by atoms with Crippen molar-refractivity contribution in [1.29, 1.82) is 0 Å². The van der Waals surface area contributed by atoms with Gasteiger partial charge in [-0.2, -0.15) is 0 Å². The maximum atomic E-state index is 10.8. The molecule has 5 heteroatoms. The molecule has 0 saturated heterocycles. The molecule has 1 aliphatic heterocycles. The molecule has 0 radical (unpaired) electrons. The van der Waals surface area contributed by atoms with Crippen molar-refractivity contribution in [2.45, 2.75) is 6.42 Å². The highest BCUT2D eigenvalue weighted by atomic mass is 16.4. The van der Waals surface area contributed by atoms with Crippen LogP contribution in [0, 0.1) is 0 Å². The van der Waals surface area contributed by atoms with Gasteiger partial charge in [0.2, 0.25) is 0 Å². The maximum Gasteiger partial charge on any atom is 0.336 e. The second-order valence-electron chi connectivity index (χ2n) is 3.18. The molecule has 0 atom stereocenters. The number of allylic oxidation sites excluding steroid dienone is 2. The lowest BCUT2D eigenvalue weighted by molar-refractivity contribution is -0.135. The molecule has 0 aromatic carbocycles. The fourth-order valence-corrected chi connectivity index (χ4v) is 1.55. The van der Waals surface area contributed by atoms with Crippen molar-refractivity contribution in [1.82, 2.24) is 0 Å². The van der Waals surface area contributed by atoms with E-state index in [0.717, 1.165) is 5.57 Å². The molecule has 76 valence electrons. The van der Waals surface area contributed by atoms with Gasteiger partial charge >= 0.3 is 11.9 Å². The zero-order valence-electron chi connectivity index (χ0n) is 7.60. The molecule has 0 unspecified atom stereocenters. The summed E-state index contributed by atoms with van der Waals surface area (Å²) < 4.78 is 0. The van der Waals surface area contributed by atoms with Crippen LogP contribution < -0.4 is 0 Å². The second-order valence-corrected chi connectivity index (χ2v) is 3.18.